The van der Waals surface area contributed by atoms with Crippen molar-refractivity contribution in [1.29, 1.82) is 0 Å². The highest BCUT2D eigenvalue weighted by Crippen LogP contribution is 2.23. The van der Waals surface area contributed by atoms with Crippen LogP contribution in [-0.4, -0.2) is 27.6 Å². The summed E-state index contributed by atoms with van der Waals surface area (Å²) < 4.78 is 24.5. The number of aryl methyl sites for hydroxylation is 3. The molecular weight excluding hydrogens is 348 g/mol. The smallest absolute Gasteiger partial charge is 0.251 e. The highest BCUT2D eigenvalue weighted by Gasteiger charge is 2.17. The van der Waals surface area contributed by atoms with Gasteiger partial charge in [-0.3, -0.25) is 9.10 Å². The fourth-order valence-corrected chi connectivity index (χ4v) is 3.34. The summed E-state index contributed by atoms with van der Waals surface area (Å²) in [4.78, 5) is 12.6. The van der Waals surface area contributed by atoms with Crippen molar-refractivity contribution in [2.45, 2.75) is 33.7 Å². The Kier molecular flexibility index (Phi) is 5.76. The average Bonchev–Trinajstić information content (AvgIpc) is 2.56. The zero-order chi connectivity index (χ0) is 19.6. The van der Waals surface area contributed by atoms with Crippen LogP contribution in [-0.2, 0) is 10.0 Å². The summed E-state index contributed by atoms with van der Waals surface area (Å²) in [6.45, 7) is 8.10. The molecule has 0 aliphatic heterocycles. The molecule has 1 N–H and O–H groups in total. The number of rotatable bonds is 5. The van der Waals surface area contributed by atoms with E-state index >= 15 is 0 Å². The molecule has 0 radical (unpaired) electrons. The Morgan fingerprint density at radius 1 is 1.04 bits per heavy atom. The van der Waals surface area contributed by atoms with Gasteiger partial charge in [-0.25, -0.2) is 8.42 Å². The third-order valence-corrected chi connectivity index (χ3v) is 5.87. The summed E-state index contributed by atoms with van der Waals surface area (Å²) in [5, 5.41) is 3.00. The van der Waals surface area contributed by atoms with E-state index in [2.05, 4.69) is 31.3 Å². The second-order valence-corrected chi connectivity index (χ2v) is 8.78. The van der Waals surface area contributed by atoms with Gasteiger partial charge in [0, 0.05) is 12.6 Å². The third kappa shape index (κ3) is 4.43. The lowest BCUT2D eigenvalue weighted by atomic mass is 9.96. The molecule has 0 aromatic heterocycles. The molecule has 0 bridgehead atoms. The van der Waals surface area contributed by atoms with E-state index in [4.69, 9.17) is 0 Å². The van der Waals surface area contributed by atoms with Gasteiger partial charge in [-0.05, 0) is 68.1 Å². The van der Waals surface area contributed by atoms with Crippen LogP contribution in [0.4, 0.5) is 5.69 Å². The van der Waals surface area contributed by atoms with E-state index < -0.39 is 10.0 Å². The summed E-state index contributed by atoms with van der Waals surface area (Å²) >= 11 is 0. The van der Waals surface area contributed by atoms with Crippen molar-refractivity contribution in [1.82, 2.24) is 5.32 Å². The van der Waals surface area contributed by atoms with Crippen LogP contribution >= 0.6 is 0 Å². The van der Waals surface area contributed by atoms with Gasteiger partial charge in [0.2, 0.25) is 10.0 Å². The maximum absolute atomic E-state index is 12.6. The van der Waals surface area contributed by atoms with Crippen molar-refractivity contribution in [3.05, 3.63) is 64.2 Å². The van der Waals surface area contributed by atoms with Gasteiger partial charge < -0.3 is 5.32 Å². The minimum absolute atomic E-state index is 0.155. The van der Waals surface area contributed by atoms with Gasteiger partial charge in [0.1, 0.15) is 0 Å². The largest absolute Gasteiger partial charge is 0.346 e. The fourth-order valence-electron chi connectivity index (χ4n) is 2.84. The van der Waals surface area contributed by atoms with Gasteiger partial charge in [0.15, 0.2) is 0 Å². The third-order valence-electron chi connectivity index (χ3n) is 4.67. The average molecular weight is 375 g/mol. The van der Waals surface area contributed by atoms with Gasteiger partial charge in [0.25, 0.3) is 5.91 Å². The first-order valence-corrected chi connectivity index (χ1v) is 10.3. The number of nitrogens with zero attached hydrogens (tertiary/aromatic N) is 1. The molecule has 1 amide bonds. The molecular formula is C20H26N2O3S. The molecule has 0 heterocycles. The zero-order valence-corrected chi connectivity index (χ0v) is 16.9. The van der Waals surface area contributed by atoms with Crippen molar-refractivity contribution < 1.29 is 13.2 Å². The highest BCUT2D eigenvalue weighted by molar-refractivity contribution is 7.92. The van der Waals surface area contributed by atoms with Gasteiger partial charge in [-0.2, -0.15) is 0 Å². The molecule has 5 nitrogen and oxygen atoms in total. The number of carbonyl (C=O) groups excluding carboxylic acids is 1. The Bertz CT molecular complexity index is 936. The lowest BCUT2D eigenvalue weighted by Crippen LogP contribution is -2.28. The van der Waals surface area contributed by atoms with Crippen LogP contribution in [0.1, 0.15) is 45.6 Å². The van der Waals surface area contributed by atoms with Crippen LogP contribution in [0.2, 0.25) is 0 Å². The monoisotopic (exact) mass is 374 g/mol. The second-order valence-electron chi connectivity index (χ2n) is 6.77. The van der Waals surface area contributed by atoms with E-state index in [1.807, 2.05) is 13.8 Å². The van der Waals surface area contributed by atoms with Crippen LogP contribution in [0.3, 0.4) is 0 Å². The minimum atomic E-state index is -3.38. The Morgan fingerprint density at radius 2 is 1.65 bits per heavy atom. The SMILES string of the molecule is Cc1cc(C)c(C(C)NC(=O)c2cccc(N(C)S(C)(=O)=O)c2)cc1C. The van der Waals surface area contributed by atoms with Crippen molar-refractivity contribution >= 4 is 21.6 Å². The van der Waals surface area contributed by atoms with Crippen LogP contribution < -0.4 is 9.62 Å². The summed E-state index contributed by atoms with van der Waals surface area (Å²) in [6.07, 6.45) is 1.13. The number of nitrogens with one attached hydrogen (secondary N) is 1. The van der Waals surface area contributed by atoms with Gasteiger partial charge in [0.05, 0.1) is 18.0 Å². The van der Waals surface area contributed by atoms with E-state index in [0.29, 0.717) is 11.3 Å². The van der Waals surface area contributed by atoms with Crippen molar-refractivity contribution in [2.75, 3.05) is 17.6 Å². The van der Waals surface area contributed by atoms with Crippen molar-refractivity contribution in [3.63, 3.8) is 0 Å². The molecule has 1 atom stereocenters. The first-order valence-electron chi connectivity index (χ1n) is 8.43. The summed E-state index contributed by atoms with van der Waals surface area (Å²) in [6, 6.07) is 10.7. The molecule has 0 saturated heterocycles. The maximum atomic E-state index is 12.6. The number of sulfonamides is 1. The maximum Gasteiger partial charge on any atom is 0.251 e. The number of benzene rings is 2. The Hall–Kier alpha value is -2.34. The lowest BCUT2D eigenvalue weighted by Gasteiger charge is -2.20. The number of amides is 1. The number of hydrogen-bond acceptors (Lipinski definition) is 3. The van der Waals surface area contributed by atoms with E-state index in [0.717, 1.165) is 21.7 Å². The number of hydrogen-bond donors (Lipinski definition) is 1. The van der Waals surface area contributed by atoms with Crippen molar-refractivity contribution in [3.8, 4) is 0 Å². The Morgan fingerprint density at radius 3 is 2.27 bits per heavy atom. The molecule has 140 valence electrons. The van der Waals surface area contributed by atoms with Crippen molar-refractivity contribution in [2.24, 2.45) is 0 Å². The lowest BCUT2D eigenvalue weighted by molar-refractivity contribution is 0.0940. The fraction of sp³-hybridized carbons (Fsp3) is 0.350. The number of carbonyl (C=O) groups is 1. The highest BCUT2D eigenvalue weighted by atomic mass is 32.2. The van der Waals surface area contributed by atoms with Gasteiger partial charge in [-0.1, -0.05) is 18.2 Å². The van der Waals surface area contributed by atoms with Gasteiger partial charge in [-0.15, -0.1) is 0 Å². The van der Waals surface area contributed by atoms with Crippen LogP contribution in [0.5, 0.6) is 0 Å². The van der Waals surface area contributed by atoms with Crippen LogP contribution in [0.25, 0.3) is 0 Å². The summed E-state index contributed by atoms with van der Waals surface area (Å²) in [5.41, 5.74) is 5.49. The molecule has 1 unspecified atom stereocenters. The molecule has 2 aromatic rings. The topological polar surface area (TPSA) is 66.5 Å². The van der Waals surface area contributed by atoms with Crippen LogP contribution in [0.15, 0.2) is 36.4 Å². The molecule has 26 heavy (non-hydrogen) atoms. The first kappa shape index (κ1) is 20.0. The summed E-state index contributed by atoms with van der Waals surface area (Å²) in [7, 11) is -1.91. The molecule has 0 saturated carbocycles. The molecule has 0 spiro atoms. The van der Waals surface area contributed by atoms with Crippen LogP contribution in [0, 0.1) is 20.8 Å². The molecule has 6 heteroatoms. The molecule has 2 aromatic carbocycles. The summed E-state index contributed by atoms with van der Waals surface area (Å²) in [5.74, 6) is -0.237. The second kappa shape index (κ2) is 7.50. The normalized spacial score (nSPS) is 12.5. The predicted octanol–water partition coefficient (Wildman–Crippen LogP) is 3.50. The van der Waals surface area contributed by atoms with E-state index in [1.165, 1.54) is 18.2 Å². The molecule has 2 rings (SSSR count). The zero-order valence-electron chi connectivity index (χ0n) is 16.1. The molecule has 0 aliphatic rings. The van der Waals surface area contributed by atoms with Gasteiger partial charge >= 0.3 is 0 Å². The van der Waals surface area contributed by atoms with E-state index in [9.17, 15) is 13.2 Å². The molecule has 0 aliphatic carbocycles. The standard InChI is InChI=1S/C20H26N2O3S/c1-13-10-15(3)19(11-14(13)2)16(4)21-20(23)17-8-7-9-18(12-17)22(5)26(6,24)25/h7-12,16H,1-6H3,(H,21,23). The van der Waals surface area contributed by atoms with E-state index in [-0.39, 0.29) is 11.9 Å². The Labute approximate surface area is 156 Å². The Balaban J connectivity index is 2.24. The number of anilines is 1. The minimum Gasteiger partial charge on any atom is -0.346 e. The van der Waals surface area contributed by atoms with E-state index in [1.54, 1.807) is 24.3 Å². The quantitative estimate of drug-likeness (QED) is 0.871. The molecule has 0 fully saturated rings. The predicted molar refractivity (Wildman–Crippen MR) is 106 cm³/mol. The first-order chi connectivity index (χ1) is 12.0.